The van der Waals surface area contributed by atoms with Crippen molar-refractivity contribution in [2.45, 2.75) is 53.0 Å². The largest absolute Gasteiger partial charge is 0.316 e. The predicted octanol–water partition coefficient (Wildman–Crippen LogP) is 1.99. The molecule has 3 N–H and O–H groups in total. The van der Waals surface area contributed by atoms with Crippen LogP contribution in [-0.4, -0.2) is 38.8 Å². The van der Waals surface area contributed by atoms with E-state index in [1.807, 2.05) is 0 Å². The topological polar surface area (TPSA) is 36.1 Å². The second-order valence-corrected chi connectivity index (χ2v) is 5.52. The Morgan fingerprint density at radius 3 is 1.94 bits per heavy atom. The number of hydrogen-bond acceptors (Lipinski definition) is 3. The standard InChI is InChI=1S/C14H33N3/c1-13(2)12-16-9-7-5-6-8-15-10-11-17-14(3)4/h13-17H,5-12H2,1-4H3. The zero-order chi connectivity index (χ0) is 12.9. The molecule has 3 heteroatoms. The SMILES string of the molecule is CC(C)CNCCCCCNCCNC(C)C. The molecule has 0 aliphatic carbocycles. The van der Waals surface area contributed by atoms with Crippen molar-refractivity contribution < 1.29 is 0 Å². The molecule has 0 unspecified atom stereocenters. The van der Waals surface area contributed by atoms with Gasteiger partial charge in [-0.1, -0.05) is 34.1 Å². The highest BCUT2D eigenvalue weighted by atomic mass is 14.9. The molecule has 0 aromatic rings. The lowest BCUT2D eigenvalue weighted by Gasteiger charge is -2.09. The third kappa shape index (κ3) is 15.9. The first-order valence-electron chi connectivity index (χ1n) is 7.27. The molecule has 0 aromatic heterocycles. The van der Waals surface area contributed by atoms with Crippen LogP contribution in [0.4, 0.5) is 0 Å². The molecule has 0 aliphatic heterocycles. The quantitative estimate of drug-likeness (QED) is 0.459. The second kappa shape index (κ2) is 12.3. The minimum Gasteiger partial charge on any atom is -0.316 e. The monoisotopic (exact) mass is 243 g/mol. The molecule has 0 amide bonds. The number of rotatable bonds is 12. The molecule has 104 valence electrons. The lowest BCUT2D eigenvalue weighted by molar-refractivity contribution is 0.516. The van der Waals surface area contributed by atoms with Crippen LogP contribution < -0.4 is 16.0 Å². The number of nitrogens with one attached hydrogen (secondary N) is 3. The first-order chi connectivity index (χ1) is 8.13. The summed E-state index contributed by atoms with van der Waals surface area (Å²) in [5.41, 5.74) is 0. The van der Waals surface area contributed by atoms with E-state index in [0.717, 1.165) is 32.1 Å². The van der Waals surface area contributed by atoms with Gasteiger partial charge in [0.1, 0.15) is 0 Å². The van der Waals surface area contributed by atoms with Gasteiger partial charge in [0, 0.05) is 19.1 Å². The molecule has 0 aliphatic rings. The van der Waals surface area contributed by atoms with Crippen LogP contribution in [-0.2, 0) is 0 Å². The highest BCUT2D eigenvalue weighted by molar-refractivity contribution is 4.56. The minimum absolute atomic E-state index is 0.601. The normalized spacial score (nSPS) is 11.6. The average Bonchev–Trinajstić information content (AvgIpc) is 2.25. The molecule has 0 saturated carbocycles. The van der Waals surface area contributed by atoms with Crippen molar-refractivity contribution in [1.82, 2.24) is 16.0 Å². The van der Waals surface area contributed by atoms with Crippen LogP contribution in [0.3, 0.4) is 0 Å². The Balaban J connectivity index is 2.94. The third-order valence-corrected chi connectivity index (χ3v) is 2.61. The van der Waals surface area contributed by atoms with Gasteiger partial charge in [-0.3, -0.25) is 0 Å². The summed E-state index contributed by atoms with van der Waals surface area (Å²) in [6, 6.07) is 0.601. The van der Waals surface area contributed by atoms with Gasteiger partial charge in [0.25, 0.3) is 0 Å². The van der Waals surface area contributed by atoms with Gasteiger partial charge in [-0.2, -0.15) is 0 Å². The Labute approximate surface area is 108 Å². The molecule has 0 bridgehead atoms. The molecule has 0 heterocycles. The van der Waals surface area contributed by atoms with E-state index in [9.17, 15) is 0 Å². The van der Waals surface area contributed by atoms with Crippen LogP contribution >= 0.6 is 0 Å². The predicted molar refractivity (Wildman–Crippen MR) is 77.6 cm³/mol. The van der Waals surface area contributed by atoms with Gasteiger partial charge in [-0.15, -0.1) is 0 Å². The summed E-state index contributed by atoms with van der Waals surface area (Å²) >= 11 is 0. The van der Waals surface area contributed by atoms with Gasteiger partial charge in [-0.25, -0.2) is 0 Å². The molecule has 0 radical (unpaired) electrons. The summed E-state index contributed by atoms with van der Waals surface area (Å²) in [5, 5.41) is 10.3. The molecule has 0 fully saturated rings. The van der Waals surface area contributed by atoms with Crippen molar-refractivity contribution >= 4 is 0 Å². The van der Waals surface area contributed by atoms with Crippen molar-refractivity contribution in [3.63, 3.8) is 0 Å². The Morgan fingerprint density at radius 2 is 1.35 bits per heavy atom. The smallest absolute Gasteiger partial charge is 0.00790 e. The summed E-state index contributed by atoms with van der Waals surface area (Å²) < 4.78 is 0. The molecule has 0 spiro atoms. The van der Waals surface area contributed by atoms with Gasteiger partial charge in [0.05, 0.1) is 0 Å². The fourth-order valence-corrected chi connectivity index (χ4v) is 1.64. The average molecular weight is 243 g/mol. The Morgan fingerprint density at radius 1 is 0.706 bits per heavy atom. The minimum atomic E-state index is 0.601. The Hall–Kier alpha value is -0.120. The lowest BCUT2D eigenvalue weighted by Crippen LogP contribution is -2.32. The van der Waals surface area contributed by atoms with E-state index in [1.54, 1.807) is 0 Å². The molecule has 0 saturated heterocycles. The maximum atomic E-state index is 3.48. The Bertz CT molecular complexity index is 130. The summed E-state index contributed by atoms with van der Waals surface area (Å²) in [6.07, 6.45) is 3.93. The summed E-state index contributed by atoms with van der Waals surface area (Å²) in [6.45, 7) is 14.5. The van der Waals surface area contributed by atoms with Crippen LogP contribution in [0.25, 0.3) is 0 Å². The zero-order valence-corrected chi connectivity index (χ0v) is 12.3. The van der Waals surface area contributed by atoms with Crippen LogP contribution in [0.2, 0.25) is 0 Å². The van der Waals surface area contributed by atoms with E-state index in [1.165, 1.54) is 25.8 Å². The van der Waals surface area contributed by atoms with Gasteiger partial charge < -0.3 is 16.0 Å². The fourth-order valence-electron chi connectivity index (χ4n) is 1.64. The van der Waals surface area contributed by atoms with Crippen LogP contribution in [0.1, 0.15) is 47.0 Å². The van der Waals surface area contributed by atoms with Crippen molar-refractivity contribution in [3.05, 3.63) is 0 Å². The van der Waals surface area contributed by atoms with E-state index >= 15 is 0 Å². The van der Waals surface area contributed by atoms with Gasteiger partial charge in [0.2, 0.25) is 0 Å². The highest BCUT2D eigenvalue weighted by Crippen LogP contribution is 1.93. The van der Waals surface area contributed by atoms with Crippen molar-refractivity contribution in [2.75, 3.05) is 32.7 Å². The van der Waals surface area contributed by atoms with Crippen LogP contribution in [0.15, 0.2) is 0 Å². The van der Waals surface area contributed by atoms with Gasteiger partial charge >= 0.3 is 0 Å². The third-order valence-electron chi connectivity index (χ3n) is 2.61. The Kier molecular flexibility index (Phi) is 12.3. The second-order valence-electron chi connectivity index (χ2n) is 5.52. The number of unbranched alkanes of at least 4 members (excludes halogenated alkanes) is 2. The maximum absolute atomic E-state index is 3.48. The molecular weight excluding hydrogens is 210 g/mol. The van der Waals surface area contributed by atoms with Crippen LogP contribution in [0, 0.1) is 5.92 Å². The zero-order valence-electron chi connectivity index (χ0n) is 12.3. The lowest BCUT2D eigenvalue weighted by atomic mass is 10.2. The van der Waals surface area contributed by atoms with E-state index in [0.29, 0.717) is 6.04 Å². The van der Waals surface area contributed by atoms with E-state index in [4.69, 9.17) is 0 Å². The van der Waals surface area contributed by atoms with Crippen molar-refractivity contribution in [2.24, 2.45) is 5.92 Å². The molecule has 17 heavy (non-hydrogen) atoms. The van der Waals surface area contributed by atoms with Crippen molar-refractivity contribution in [3.8, 4) is 0 Å². The summed E-state index contributed by atoms with van der Waals surface area (Å²) in [4.78, 5) is 0. The fraction of sp³-hybridized carbons (Fsp3) is 1.00. The van der Waals surface area contributed by atoms with Crippen LogP contribution in [0.5, 0.6) is 0 Å². The number of hydrogen-bond donors (Lipinski definition) is 3. The summed E-state index contributed by atoms with van der Waals surface area (Å²) in [5.74, 6) is 0.769. The highest BCUT2D eigenvalue weighted by Gasteiger charge is 1.94. The molecule has 3 nitrogen and oxygen atoms in total. The van der Waals surface area contributed by atoms with Gasteiger partial charge in [0.15, 0.2) is 0 Å². The molecular formula is C14H33N3. The van der Waals surface area contributed by atoms with Crippen molar-refractivity contribution in [1.29, 1.82) is 0 Å². The first kappa shape index (κ1) is 16.9. The molecule has 0 aromatic carbocycles. The van der Waals surface area contributed by atoms with E-state index in [2.05, 4.69) is 43.6 Å². The maximum Gasteiger partial charge on any atom is 0.00790 e. The van der Waals surface area contributed by atoms with E-state index < -0.39 is 0 Å². The van der Waals surface area contributed by atoms with E-state index in [-0.39, 0.29) is 0 Å². The molecule has 0 rings (SSSR count). The summed E-state index contributed by atoms with van der Waals surface area (Å²) in [7, 11) is 0. The van der Waals surface area contributed by atoms with Gasteiger partial charge in [-0.05, 0) is 38.4 Å². The molecule has 0 atom stereocenters. The first-order valence-corrected chi connectivity index (χ1v) is 7.27.